The Morgan fingerprint density at radius 3 is 2.84 bits per heavy atom. The van der Waals surface area contributed by atoms with Crippen LogP contribution < -0.4 is 5.32 Å². The van der Waals surface area contributed by atoms with Gasteiger partial charge in [0.1, 0.15) is 5.82 Å². The van der Waals surface area contributed by atoms with Gasteiger partial charge in [-0.25, -0.2) is 9.37 Å². The number of nitrogens with zero attached hydrogens (tertiary/aromatic N) is 1. The Kier molecular flexibility index (Phi) is 5.83. The van der Waals surface area contributed by atoms with Crippen molar-refractivity contribution in [2.45, 2.75) is 24.1 Å². The Morgan fingerprint density at radius 2 is 2.08 bits per heavy atom. The van der Waals surface area contributed by atoms with Gasteiger partial charge < -0.3 is 5.32 Å². The monoisotopic (exact) mass is 372 g/mol. The van der Waals surface area contributed by atoms with E-state index in [9.17, 15) is 9.18 Å². The van der Waals surface area contributed by atoms with E-state index in [4.69, 9.17) is 0 Å². The minimum absolute atomic E-state index is 0.165. The molecule has 0 atom stereocenters. The van der Waals surface area contributed by atoms with E-state index >= 15 is 0 Å². The molecular weight excluding hydrogens is 355 g/mol. The molecule has 1 heterocycles. The number of thiazole rings is 1. The van der Waals surface area contributed by atoms with E-state index in [-0.39, 0.29) is 11.7 Å². The van der Waals surface area contributed by atoms with Crippen molar-refractivity contribution in [3.05, 3.63) is 81.6 Å². The normalized spacial score (nSPS) is 10.6. The number of thioether (sulfide) groups is 1. The van der Waals surface area contributed by atoms with E-state index in [1.54, 1.807) is 41.3 Å². The second-order valence-corrected chi connectivity index (χ2v) is 7.53. The highest BCUT2D eigenvalue weighted by atomic mass is 32.2. The lowest BCUT2D eigenvalue weighted by Gasteiger charge is -2.10. The van der Waals surface area contributed by atoms with Gasteiger partial charge in [0.15, 0.2) is 0 Å². The molecule has 3 nitrogen and oxygen atoms in total. The molecule has 0 unspecified atom stereocenters. The number of aryl methyl sites for hydroxylation is 1. The van der Waals surface area contributed by atoms with E-state index in [1.165, 1.54) is 12.1 Å². The molecule has 3 rings (SSSR count). The molecule has 0 spiro atoms. The summed E-state index contributed by atoms with van der Waals surface area (Å²) in [6, 6.07) is 13.7. The fraction of sp³-hybridized carbons (Fsp3) is 0.158. The van der Waals surface area contributed by atoms with Gasteiger partial charge in [-0.1, -0.05) is 24.3 Å². The van der Waals surface area contributed by atoms with Gasteiger partial charge in [0, 0.05) is 22.6 Å². The highest BCUT2D eigenvalue weighted by Gasteiger charge is 2.12. The predicted octanol–water partition coefficient (Wildman–Crippen LogP) is 4.81. The average Bonchev–Trinajstić information content (AvgIpc) is 3.03. The molecule has 0 saturated carbocycles. The van der Waals surface area contributed by atoms with Crippen LogP contribution in [0, 0.1) is 12.7 Å². The number of carbonyl (C=O) groups is 1. The first kappa shape index (κ1) is 17.6. The van der Waals surface area contributed by atoms with Crippen LogP contribution in [0.4, 0.5) is 4.39 Å². The summed E-state index contributed by atoms with van der Waals surface area (Å²) in [5.74, 6) is 0.251. The summed E-state index contributed by atoms with van der Waals surface area (Å²) in [5, 5.41) is 5.93. The second-order valence-electron chi connectivity index (χ2n) is 5.46. The molecule has 1 amide bonds. The number of rotatable bonds is 6. The molecule has 0 radical (unpaired) electrons. The zero-order chi connectivity index (χ0) is 17.6. The third kappa shape index (κ3) is 4.90. The summed E-state index contributed by atoms with van der Waals surface area (Å²) in [6.45, 7) is 2.27. The zero-order valence-corrected chi connectivity index (χ0v) is 15.3. The standard InChI is InChI=1S/C19H17FN2OS2/c1-13-22-16(11-24-13)12-25-18-8-3-2-7-17(18)19(23)21-10-14-5-4-6-15(20)9-14/h2-9,11H,10,12H2,1H3,(H,21,23). The molecule has 2 aromatic carbocycles. The summed E-state index contributed by atoms with van der Waals surface area (Å²) in [6.07, 6.45) is 0. The number of amides is 1. The maximum absolute atomic E-state index is 13.2. The number of nitrogens with one attached hydrogen (secondary N) is 1. The molecule has 25 heavy (non-hydrogen) atoms. The van der Waals surface area contributed by atoms with Gasteiger partial charge >= 0.3 is 0 Å². The first-order valence-electron chi connectivity index (χ1n) is 7.77. The van der Waals surface area contributed by atoms with Gasteiger partial charge in [-0.05, 0) is 36.8 Å². The number of carbonyl (C=O) groups excluding carboxylic acids is 1. The topological polar surface area (TPSA) is 42.0 Å². The molecule has 1 N–H and O–H groups in total. The highest BCUT2D eigenvalue weighted by molar-refractivity contribution is 7.98. The van der Waals surface area contributed by atoms with Crippen molar-refractivity contribution in [3.63, 3.8) is 0 Å². The van der Waals surface area contributed by atoms with E-state index < -0.39 is 0 Å². The Balaban J connectivity index is 1.65. The molecule has 6 heteroatoms. The Morgan fingerprint density at radius 1 is 1.24 bits per heavy atom. The van der Waals surface area contributed by atoms with Gasteiger partial charge in [-0.2, -0.15) is 0 Å². The van der Waals surface area contributed by atoms with Crippen molar-refractivity contribution < 1.29 is 9.18 Å². The minimum atomic E-state index is -0.304. The Labute approximate surface area is 154 Å². The van der Waals surface area contributed by atoms with E-state index in [0.29, 0.717) is 12.1 Å². The van der Waals surface area contributed by atoms with Crippen LogP contribution >= 0.6 is 23.1 Å². The van der Waals surface area contributed by atoms with E-state index in [0.717, 1.165) is 26.9 Å². The van der Waals surface area contributed by atoms with Gasteiger partial charge in [0.25, 0.3) is 5.91 Å². The number of benzene rings is 2. The third-order valence-electron chi connectivity index (χ3n) is 3.52. The van der Waals surface area contributed by atoms with Crippen molar-refractivity contribution in [1.29, 1.82) is 0 Å². The van der Waals surface area contributed by atoms with Crippen molar-refractivity contribution in [2.75, 3.05) is 0 Å². The maximum atomic E-state index is 13.2. The summed E-state index contributed by atoms with van der Waals surface area (Å²) >= 11 is 3.21. The largest absolute Gasteiger partial charge is 0.348 e. The molecule has 0 bridgehead atoms. The number of halogens is 1. The van der Waals surface area contributed by atoms with Crippen LogP contribution in [0.1, 0.15) is 26.6 Å². The Hall–Kier alpha value is -2.18. The molecule has 0 fully saturated rings. The highest BCUT2D eigenvalue weighted by Crippen LogP contribution is 2.26. The zero-order valence-electron chi connectivity index (χ0n) is 13.7. The minimum Gasteiger partial charge on any atom is -0.348 e. The fourth-order valence-corrected chi connectivity index (χ4v) is 3.99. The van der Waals surface area contributed by atoms with Crippen LogP contribution in [-0.2, 0) is 12.3 Å². The number of hydrogen-bond acceptors (Lipinski definition) is 4. The molecule has 0 aliphatic carbocycles. The first-order valence-corrected chi connectivity index (χ1v) is 9.64. The number of aromatic nitrogens is 1. The van der Waals surface area contributed by atoms with Crippen LogP contribution in [0.15, 0.2) is 58.8 Å². The number of hydrogen-bond donors (Lipinski definition) is 1. The summed E-state index contributed by atoms with van der Waals surface area (Å²) in [4.78, 5) is 17.9. The second kappa shape index (κ2) is 8.27. The van der Waals surface area contributed by atoms with Gasteiger partial charge in [-0.3, -0.25) is 4.79 Å². The molecule has 0 aliphatic rings. The lowest BCUT2D eigenvalue weighted by atomic mass is 10.2. The first-order chi connectivity index (χ1) is 12.1. The lowest BCUT2D eigenvalue weighted by Crippen LogP contribution is -2.23. The van der Waals surface area contributed by atoms with Crippen LogP contribution in [0.5, 0.6) is 0 Å². The molecular formula is C19H17FN2OS2. The quantitative estimate of drug-likeness (QED) is 0.631. The summed E-state index contributed by atoms with van der Waals surface area (Å²) < 4.78 is 13.2. The predicted molar refractivity (Wildman–Crippen MR) is 100 cm³/mol. The smallest absolute Gasteiger partial charge is 0.252 e. The molecule has 3 aromatic rings. The average molecular weight is 372 g/mol. The van der Waals surface area contributed by atoms with Gasteiger partial charge in [0.2, 0.25) is 0 Å². The van der Waals surface area contributed by atoms with Crippen LogP contribution in [0.2, 0.25) is 0 Å². The van der Waals surface area contributed by atoms with E-state index in [2.05, 4.69) is 10.3 Å². The summed E-state index contributed by atoms with van der Waals surface area (Å²) in [5.41, 5.74) is 2.37. The third-order valence-corrected chi connectivity index (χ3v) is 5.45. The molecule has 0 saturated heterocycles. The van der Waals surface area contributed by atoms with Crippen LogP contribution in [0.3, 0.4) is 0 Å². The molecule has 128 valence electrons. The van der Waals surface area contributed by atoms with Crippen LogP contribution in [0.25, 0.3) is 0 Å². The van der Waals surface area contributed by atoms with Crippen molar-refractivity contribution in [1.82, 2.24) is 10.3 Å². The maximum Gasteiger partial charge on any atom is 0.252 e. The van der Waals surface area contributed by atoms with Crippen LogP contribution in [-0.4, -0.2) is 10.9 Å². The van der Waals surface area contributed by atoms with Gasteiger partial charge in [0.05, 0.1) is 16.3 Å². The molecule has 1 aromatic heterocycles. The van der Waals surface area contributed by atoms with Crippen molar-refractivity contribution >= 4 is 29.0 Å². The van der Waals surface area contributed by atoms with Crippen molar-refractivity contribution in [2.24, 2.45) is 0 Å². The molecule has 0 aliphatic heterocycles. The van der Waals surface area contributed by atoms with Crippen molar-refractivity contribution in [3.8, 4) is 0 Å². The van der Waals surface area contributed by atoms with Gasteiger partial charge in [-0.15, -0.1) is 23.1 Å². The fourth-order valence-electron chi connectivity index (χ4n) is 2.33. The SMILES string of the molecule is Cc1nc(CSc2ccccc2C(=O)NCc2cccc(F)c2)cs1. The Bertz CT molecular complexity index is 879. The summed E-state index contributed by atoms with van der Waals surface area (Å²) in [7, 11) is 0. The van der Waals surface area contributed by atoms with E-state index in [1.807, 2.05) is 30.5 Å². The lowest BCUT2D eigenvalue weighted by molar-refractivity contribution is 0.0948.